The number of nitrogens with zero attached hydrogens (tertiary/aromatic N) is 2. The Kier molecular flexibility index (Phi) is 4.64. The lowest BCUT2D eigenvalue weighted by Crippen LogP contribution is -2.42. The van der Waals surface area contributed by atoms with E-state index in [0.717, 1.165) is 24.0 Å². The van der Waals surface area contributed by atoms with Crippen molar-refractivity contribution in [1.82, 2.24) is 4.90 Å². The molecule has 1 amide bonds. The van der Waals surface area contributed by atoms with Crippen molar-refractivity contribution in [1.29, 1.82) is 0 Å². The van der Waals surface area contributed by atoms with Crippen LogP contribution >= 0.6 is 0 Å². The van der Waals surface area contributed by atoms with Crippen molar-refractivity contribution in [3.8, 4) is 11.5 Å². The van der Waals surface area contributed by atoms with Gasteiger partial charge in [-0.15, -0.1) is 0 Å². The minimum atomic E-state index is -1.18. The van der Waals surface area contributed by atoms with E-state index in [0.29, 0.717) is 23.3 Å². The van der Waals surface area contributed by atoms with Crippen LogP contribution in [0.15, 0.2) is 41.4 Å². The zero-order valence-corrected chi connectivity index (χ0v) is 17.8. The molecule has 4 rings (SSSR count). The molecular formula is C24H29N3O2. The van der Waals surface area contributed by atoms with Crippen LogP contribution < -0.4 is 10.5 Å². The lowest BCUT2D eigenvalue weighted by Gasteiger charge is -2.34. The highest BCUT2D eigenvalue weighted by Crippen LogP contribution is 2.52. The van der Waals surface area contributed by atoms with Crippen molar-refractivity contribution >= 4 is 11.9 Å². The van der Waals surface area contributed by atoms with E-state index in [9.17, 15) is 4.79 Å². The number of aliphatic imine (C=N–C) groups is 1. The van der Waals surface area contributed by atoms with Gasteiger partial charge in [0.25, 0.3) is 5.91 Å². The second-order valence-electron chi connectivity index (χ2n) is 9.00. The number of guanidine groups is 1. The van der Waals surface area contributed by atoms with E-state index in [-0.39, 0.29) is 11.9 Å². The molecule has 0 saturated carbocycles. The minimum Gasteiger partial charge on any atom is -0.457 e. The van der Waals surface area contributed by atoms with Gasteiger partial charge in [-0.05, 0) is 60.1 Å². The van der Waals surface area contributed by atoms with Gasteiger partial charge in [0.2, 0.25) is 5.54 Å². The zero-order chi connectivity index (χ0) is 20.9. The third-order valence-electron chi connectivity index (χ3n) is 5.62. The Hall–Kier alpha value is -2.82. The van der Waals surface area contributed by atoms with E-state index < -0.39 is 5.54 Å². The van der Waals surface area contributed by atoms with Gasteiger partial charge in [-0.25, -0.2) is 4.99 Å². The van der Waals surface area contributed by atoms with Crippen LogP contribution in [-0.2, 0) is 23.2 Å². The predicted octanol–water partition coefficient (Wildman–Crippen LogP) is 4.22. The first-order valence-corrected chi connectivity index (χ1v) is 10.3. The molecule has 0 atom stereocenters. The number of carbonyl (C=O) groups excluding carboxylic acids is 1. The van der Waals surface area contributed by atoms with Crippen LogP contribution in [0.4, 0.5) is 0 Å². The van der Waals surface area contributed by atoms with E-state index in [1.54, 1.807) is 7.05 Å². The Balaban J connectivity index is 1.95. The van der Waals surface area contributed by atoms with Crippen LogP contribution in [0.3, 0.4) is 0 Å². The molecular weight excluding hydrogens is 362 g/mol. The Morgan fingerprint density at radius 2 is 1.45 bits per heavy atom. The van der Waals surface area contributed by atoms with Gasteiger partial charge in [-0.1, -0.05) is 39.8 Å². The van der Waals surface area contributed by atoms with Crippen LogP contribution in [-0.4, -0.2) is 23.8 Å². The largest absolute Gasteiger partial charge is 0.457 e. The highest BCUT2D eigenvalue weighted by Gasteiger charge is 2.54. The van der Waals surface area contributed by atoms with E-state index >= 15 is 0 Å². The molecule has 0 saturated heterocycles. The molecule has 2 aromatic rings. The lowest BCUT2D eigenvalue weighted by molar-refractivity contribution is -0.129. The molecule has 2 aliphatic rings. The number of carbonyl (C=O) groups is 1. The highest BCUT2D eigenvalue weighted by molar-refractivity contribution is 6.10. The zero-order valence-electron chi connectivity index (χ0n) is 17.8. The molecule has 0 aliphatic carbocycles. The van der Waals surface area contributed by atoms with Crippen LogP contribution in [0.2, 0.25) is 0 Å². The normalized spacial score (nSPS) is 16.9. The Morgan fingerprint density at radius 1 is 0.966 bits per heavy atom. The number of likely N-dealkylation sites (N-methyl/N-ethyl adjacent to an activating group) is 1. The summed E-state index contributed by atoms with van der Waals surface area (Å²) in [6, 6.07) is 12.2. The lowest BCUT2D eigenvalue weighted by atomic mass is 9.78. The second-order valence-corrected chi connectivity index (χ2v) is 9.00. The first-order chi connectivity index (χ1) is 13.7. The van der Waals surface area contributed by atoms with Crippen molar-refractivity contribution in [3.05, 3.63) is 58.7 Å². The quantitative estimate of drug-likeness (QED) is 0.848. The number of nitrogens with two attached hydrogens (primary N) is 1. The first-order valence-electron chi connectivity index (χ1n) is 10.3. The maximum atomic E-state index is 13.6. The second kappa shape index (κ2) is 6.90. The summed E-state index contributed by atoms with van der Waals surface area (Å²) in [4.78, 5) is 19.8. The van der Waals surface area contributed by atoms with Crippen molar-refractivity contribution in [3.63, 3.8) is 0 Å². The summed E-state index contributed by atoms with van der Waals surface area (Å²) in [6.45, 7) is 8.74. The topological polar surface area (TPSA) is 67.9 Å². The fraction of sp³-hybridized carbons (Fsp3) is 0.417. The van der Waals surface area contributed by atoms with Gasteiger partial charge in [-0.2, -0.15) is 0 Å². The summed E-state index contributed by atoms with van der Waals surface area (Å²) in [5.74, 6) is 2.45. The molecule has 2 N–H and O–H groups in total. The van der Waals surface area contributed by atoms with Crippen LogP contribution in [0.5, 0.6) is 11.5 Å². The molecule has 5 nitrogen and oxygen atoms in total. The van der Waals surface area contributed by atoms with Crippen molar-refractivity contribution in [2.75, 3.05) is 7.05 Å². The molecule has 0 radical (unpaired) electrons. The van der Waals surface area contributed by atoms with E-state index in [4.69, 9.17) is 15.5 Å². The summed E-state index contributed by atoms with van der Waals surface area (Å²) in [5, 5.41) is 0. The highest BCUT2D eigenvalue weighted by atomic mass is 16.5. The summed E-state index contributed by atoms with van der Waals surface area (Å²) in [7, 11) is 1.68. The maximum Gasteiger partial charge on any atom is 0.266 e. The van der Waals surface area contributed by atoms with Gasteiger partial charge in [-0.3, -0.25) is 9.69 Å². The summed E-state index contributed by atoms with van der Waals surface area (Å²) in [5.41, 5.74) is 8.85. The van der Waals surface area contributed by atoms with Crippen LogP contribution in [0.1, 0.15) is 49.9 Å². The van der Waals surface area contributed by atoms with Gasteiger partial charge in [0, 0.05) is 18.2 Å². The number of hydrogen-bond acceptors (Lipinski definition) is 4. The fourth-order valence-corrected chi connectivity index (χ4v) is 4.35. The van der Waals surface area contributed by atoms with Gasteiger partial charge >= 0.3 is 0 Å². The number of ether oxygens (including phenoxy) is 1. The van der Waals surface area contributed by atoms with E-state index in [2.05, 4.69) is 52.0 Å². The standard InChI is InChI=1S/C24H29N3O2/c1-14(2)10-16-6-8-20-18(12-16)24(22(28)27(5)23(25)26-24)19-13-17(11-15(3)4)7-9-21(19)29-20/h6-9,12-15H,10-11H2,1-5H3,(H2,25,26). The van der Waals surface area contributed by atoms with Crippen LogP contribution in [0, 0.1) is 11.8 Å². The minimum absolute atomic E-state index is 0.135. The number of fused-ring (bicyclic) bond motifs is 4. The van der Waals surface area contributed by atoms with Gasteiger partial charge < -0.3 is 10.5 Å². The average molecular weight is 392 g/mol. The number of benzene rings is 2. The summed E-state index contributed by atoms with van der Waals surface area (Å²) >= 11 is 0. The Bertz CT molecular complexity index is 948. The third kappa shape index (κ3) is 3.09. The summed E-state index contributed by atoms with van der Waals surface area (Å²) < 4.78 is 6.22. The molecule has 29 heavy (non-hydrogen) atoms. The van der Waals surface area contributed by atoms with Crippen molar-refractivity contribution in [2.24, 2.45) is 22.6 Å². The molecule has 152 valence electrons. The van der Waals surface area contributed by atoms with Crippen molar-refractivity contribution < 1.29 is 9.53 Å². The summed E-state index contributed by atoms with van der Waals surface area (Å²) in [6.07, 6.45) is 1.85. The molecule has 2 aromatic carbocycles. The molecule has 0 bridgehead atoms. The number of rotatable bonds is 4. The van der Waals surface area contributed by atoms with Gasteiger partial charge in [0.05, 0.1) is 0 Å². The average Bonchev–Trinajstić information content (AvgIpc) is 2.87. The maximum absolute atomic E-state index is 13.6. The Morgan fingerprint density at radius 3 is 1.83 bits per heavy atom. The Labute approximate surface area is 172 Å². The molecule has 2 heterocycles. The molecule has 1 spiro atoms. The fourth-order valence-electron chi connectivity index (χ4n) is 4.35. The molecule has 2 aliphatic heterocycles. The van der Waals surface area contributed by atoms with E-state index in [1.807, 2.05) is 12.1 Å². The first kappa shape index (κ1) is 19.5. The monoisotopic (exact) mass is 391 g/mol. The molecule has 0 unspecified atom stereocenters. The third-order valence-corrected chi connectivity index (χ3v) is 5.62. The van der Waals surface area contributed by atoms with Gasteiger partial charge in [0.1, 0.15) is 11.5 Å². The van der Waals surface area contributed by atoms with Gasteiger partial charge in [0.15, 0.2) is 5.96 Å². The molecule has 0 fully saturated rings. The van der Waals surface area contributed by atoms with E-state index in [1.165, 1.54) is 16.0 Å². The molecule has 0 aromatic heterocycles. The number of hydrogen-bond donors (Lipinski definition) is 1. The molecule has 5 heteroatoms. The smallest absolute Gasteiger partial charge is 0.266 e. The van der Waals surface area contributed by atoms with Crippen LogP contribution in [0.25, 0.3) is 0 Å². The SMILES string of the molecule is CC(C)Cc1ccc2c(c1)C1(N=C(N)N(C)C1=O)c1cc(CC(C)C)ccc1O2. The predicted molar refractivity (Wildman–Crippen MR) is 115 cm³/mol. The van der Waals surface area contributed by atoms with Crippen molar-refractivity contribution in [2.45, 2.75) is 46.1 Å². The number of amides is 1.